The lowest BCUT2D eigenvalue weighted by molar-refractivity contribution is 0.134. The highest BCUT2D eigenvalue weighted by Gasteiger charge is 2.30. The second-order valence-corrected chi connectivity index (χ2v) is 11.0. The maximum absolute atomic E-state index is 13.3. The fourth-order valence-corrected chi connectivity index (χ4v) is 6.52. The van der Waals surface area contributed by atoms with E-state index in [2.05, 4.69) is 39.7 Å². The van der Waals surface area contributed by atoms with E-state index in [1.807, 2.05) is 23.9 Å². The topological polar surface area (TPSA) is 98.9 Å². The number of imidazole rings is 1. The lowest BCUT2D eigenvalue weighted by atomic mass is 9.87. The summed E-state index contributed by atoms with van der Waals surface area (Å²) in [7, 11) is 1.81. The Hall–Kier alpha value is -3.46. The van der Waals surface area contributed by atoms with Gasteiger partial charge in [0.2, 0.25) is 5.95 Å². The lowest BCUT2D eigenvalue weighted by Gasteiger charge is -2.35. The molecule has 4 aromatic rings. The molecule has 192 valence electrons. The van der Waals surface area contributed by atoms with E-state index in [0.29, 0.717) is 23.7 Å². The smallest absolute Gasteiger partial charge is 0.330 e. The summed E-state index contributed by atoms with van der Waals surface area (Å²) in [5.74, 6) is 1.35. The van der Waals surface area contributed by atoms with E-state index < -0.39 is 0 Å². The highest BCUT2D eigenvalue weighted by Crippen LogP contribution is 2.35. The zero-order valence-corrected chi connectivity index (χ0v) is 21.4. The van der Waals surface area contributed by atoms with Crippen LogP contribution in [0.1, 0.15) is 63.0 Å². The molecule has 0 amide bonds. The molecule has 2 aliphatic carbocycles. The first-order valence-electron chi connectivity index (χ1n) is 13.6. The van der Waals surface area contributed by atoms with Gasteiger partial charge in [-0.25, -0.2) is 9.78 Å². The zero-order chi connectivity index (χ0) is 25.1. The Bertz CT molecular complexity index is 1540. The maximum atomic E-state index is 13.3. The summed E-state index contributed by atoms with van der Waals surface area (Å²) in [5.41, 5.74) is 4.29. The normalized spacial score (nSPS) is 25.7. The van der Waals surface area contributed by atoms with Gasteiger partial charge in [0.1, 0.15) is 11.3 Å². The number of nitrogens with zero attached hydrogens (tertiary/aromatic N) is 5. The minimum Gasteiger partial charge on any atom is -0.490 e. The minimum atomic E-state index is -0.0168. The molecule has 9 nitrogen and oxygen atoms in total. The van der Waals surface area contributed by atoms with Gasteiger partial charge < -0.3 is 15.4 Å². The average Bonchev–Trinajstić information content (AvgIpc) is 3.15. The molecule has 0 saturated heterocycles. The molecule has 0 atom stereocenters. The number of aryl methyl sites for hydroxylation is 2. The standard InChI is InChI=1S/C28H33N7O2/c1-16-13-23-21-14-22(16)32-27-30-15-24-26(33-27)35(28(36)34(24)2)19-7-3-17(4-8-19)31-18-5-9-20(10-6-18)37-25(21)11-12-29-23/h11-15,17-20,31H,3-10H2,1-2H3,(H,30,32,33). The fraction of sp³-hybridized carbons (Fsp3) is 0.500. The Morgan fingerprint density at radius 2 is 1.76 bits per heavy atom. The Kier molecular flexibility index (Phi) is 5.42. The highest BCUT2D eigenvalue weighted by molar-refractivity contribution is 5.90. The number of pyridine rings is 1. The van der Waals surface area contributed by atoms with Crippen molar-refractivity contribution in [2.75, 3.05) is 5.32 Å². The number of fused-ring (bicyclic) bond motifs is 2. The largest absolute Gasteiger partial charge is 0.490 e. The molecule has 6 heterocycles. The number of hydrogen-bond acceptors (Lipinski definition) is 7. The van der Waals surface area contributed by atoms with Crippen molar-refractivity contribution in [2.24, 2.45) is 7.05 Å². The van der Waals surface area contributed by atoms with Crippen LogP contribution < -0.4 is 21.1 Å². The van der Waals surface area contributed by atoms with Gasteiger partial charge in [-0.2, -0.15) is 4.98 Å². The molecular weight excluding hydrogens is 466 g/mol. The van der Waals surface area contributed by atoms with Crippen LogP contribution in [0, 0.1) is 6.92 Å². The van der Waals surface area contributed by atoms with E-state index in [-0.39, 0.29) is 17.8 Å². The zero-order valence-electron chi connectivity index (χ0n) is 21.4. The van der Waals surface area contributed by atoms with Gasteiger partial charge in [0.25, 0.3) is 0 Å². The van der Waals surface area contributed by atoms with Gasteiger partial charge in [-0.05, 0) is 82.1 Å². The molecule has 2 N–H and O–H groups in total. The molecule has 9 rings (SSSR count). The molecule has 0 spiro atoms. The molecule has 5 aliphatic rings. The third-order valence-corrected chi connectivity index (χ3v) is 8.63. The highest BCUT2D eigenvalue weighted by atomic mass is 16.5. The van der Waals surface area contributed by atoms with Crippen LogP contribution >= 0.6 is 0 Å². The number of rotatable bonds is 0. The van der Waals surface area contributed by atoms with Gasteiger partial charge in [0.15, 0.2) is 5.65 Å². The molecule has 8 bridgehead atoms. The van der Waals surface area contributed by atoms with Crippen LogP contribution in [-0.2, 0) is 7.05 Å². The third kappa shape index (κ3) is 3.96. The lowest BCUT2D eigenvalue weighted by Crippen LogP contribution is -2.44. The molecular formula is C28H33N7O2. The first kappa shape index (κ1) is 22.7. The van der Waals surface area contributed by atoms with Crippen molar-refractivity contribution < 1.29 is 4.74 Å². The van der Waals surface area contributed by atoms with Crippen LogP contribution in [0.5, 0.6) is 5.75 Å². The van der Waals surface area contributed by atoms with Crippen LogP contribution in [-0.4, -0.2) is 42.3 Å². The maximum Gasteiger partial charge on any atom is 0.330 e. The van der Waals surface area contributed by atoms with E-state index in [0.717, 1.165) is 84.8 Å². The number of aromatic nitrogens is 5. The monoisotopic (exact) mass is 499 g/mol. The van der Waals surface area contributed by atoms with Crippen LogP contribution in [0.2, 0.25) is 0 Å². The summed E-state index contributed by atoms with van der Waals surface area (Å²) in [6.07, 6.45) is 12.2. The number of nitrogens with one attached hydrogen (secondary N) is 2. The number of hydrogen-bond donors (Lipinski definition) is 2. The first-order valence-corrected chi connectivity index (χ1v) is 13.6. The van der Waals surface area contributed by atoms with Gasteiger partial charge in [-0.1, -0.05) is 0 Å². The minimum absolute atomic E-state index is 0.0168. The summed E-state index contributed by atoms with van der Waals surface area (Å²) in [5, 5.41) is 8.33. The van der Waals surface area contributed by atoms with Gasteiger partial charge in [0.05, 0.1) is 17.8 Å². The second-order valence-electron chi connectivity index (χ2n) is 11.0. The summed E-state index contributed by atoms with van der Waals surface area (Å²) in [6.45, 7) is 2.05. The second kappa shape index (κ2) is 8.83. The Morgan fingerprint density at radius 1 is 1.00 bits per heavy atom. The molecule has 0 unspecified atom stereocenters. The Morgan fingerprint density at radius 3 is 2.54 bits per heavy atom. The molecule has 2 saturated carbocycles. The Labute approximate surface area is 215 Å². The fourth-order valence-electron chi connectivity index (χ4n) is 6.52. The molecule has 37 heavy (non-hydrogen) atoms. The predicted molar refractivity (Wildman–Crippen MR) is 144 cm³/mol. The van der Waals surface area contributed by atoms with Gasteiger partial charge >= 0.3 is 5.69 Å². The van der Waals surface area contributed by atoms with Gasteiger partial charge in [0, 0.05) is 42.4 Å². The van der Waals surface area contributed by atoms with Crippen LogP contribution in [0.25, 0.3) is 22.1 Å². The predicted octanol–water partition coefficient (Wildman–Crippen LogP) is 4.51. The van der Waals surface area contributed by atoms with Crippen LogP contribution in [0.15, 0.2) is 35.4 Å². The van der Waals surface area contributed by atoms with Crippen molar-refractivity contribution in [3.8, 4) is 5.75 Å². The van der Waals surface area contributed by atoms with Crippen molar-refractivity contribution in [2.45, 2.75) is 82.5 Å². The molecule has 3 aromatic heterocycles. The van der Waals surface area contributed by atoms with E-state index in [4.69, 9.17) is 9.72 Å². The van der Waals surface area contributed by atoms with E-state index in [9.17, 15) is 4.79 Å². The molecule has 3 aliphatic heterocycles. The molecule has 2 fully saturated rings. The number of ether oxygens (including phenoxy) is 1. The van der Waals surface area contributed by atoms with E-state index in [1.165, 1.54) is 0 Å². The van der Waals surface area contributed by atoms with Crippen molar-refractivity contribution in [3.05, 3.63) is 46.6 Å². The third-order valence-electron chi connectivity index (χ3n) is 8.63. The first-order chi connectivity index (χ1) is 18.0. The van der Waals surface area contributed by atoms with Crippen molar-refractivity contribution in [1.82, 2.24) is 29.4 Å². The van der Waals surface area contributed by atoms with Crippen LogP contribution in [0.4, 0.5) is 11.6 Å². The van der Waals surface area contributed by atoms with Crippen molar-refractivity contribution in [1.29, 1.82) is 0 Å². The van der Waals surface area contributed by atoms with Crippen molar-refractivity contribution in [3.63, 3.8) is 0 Å². The summed E-state index contributed by atoms with van der Waals surface area (Å²) < 4.78 is 10.1. The van der Waals surface area contributed by atoms with Gasteiger partial charge in [-0.3, -0.25) is 14.1 Å². The number of benzene rings is 1. The molecule has 0 radical (unpaired) electrons. The summed E-state index contributed by atoms with van der Waals surface area (Å²) in [4.78, 5) is 27.3. The molecule has 9 heteroatoms. The summed E-state index contributed by atoms with van der Waals surface area (Å²) >= 11 is 0. The average molecular weight is 500 g/mol. The quantitative estimate of drug-likeness (QED) is 0.367. The van der Waals surface area contributed by atoms with E-state index >= 15 is 0 Å². The molecule has 1 aromatic carbocycles. The number of anilines is 2. The SMILES string of the molecule is Cc1cc2nccc3c2cc1Nc1ncc2c(n1)n(c(=O)n2C)C1CCC(CC1)NC1CCC(CC1)O3. The van der Waals surface area contributed by atoms with Crippen molar-refractivity contribution >= 4 is 33.7 Å². The van der Waals surface area contributed by atoms with Crippen LogP contribution in [0.3, 0.4) is 0 Å². The Balaban J connectivity index is 1.36. The summed E-state index contributed by atoms with van der Waals surface area (Å²) in [6, 6.07) is 7.32. The van der Waals surface area contributed by atoms with Gasteiger partial charge in [-0.15, -0.1) is 0 Å². The van der Waals surface area contributed by atoms with E-state index in [1.54, 1.807) is 10.8 Å².